The minimum Gasteiger partial charge on any atom is -0.355 e. The maximum atomic E-state index is 12.3. The summed E-state index contributed by atoms with van der Waals surface area (Å²) in [4.78, 5) is 16.2. The van der Waals surface area contributed by atoms with Gasteiger partial charge in [0, 0.05) is 56.2 Å². The molecule has 0 aliphatic carbocycles. The molecule has 4 rings (SSSR count). The monoisotopic (exact) mass is 615 g/mol. The zero-order valence-corrected chi connectivity index (χ0v) is 27.6. The fourth-order valence-corrected chi connectivity index (χ4v) is 5.31. The zero-order chi connectivity index (χ0) is 32.7. The minimum absolute atomic E-state index is 0.362. The van der Waals surface area contributed by atoms with E-state index in [1.54, 1.807) is 0 Å². The molecule has 2 atom stereocenters. The van der Waals surface area contributed by atoms with E-state index in [0.29, 0.717) is 24.3 Å². The molecule has 1 aliphatic heterocycles. The van der Waals surface area contributed by atoms with Gasteiger partial charge in [-0.3, -0.25) is 0 Å². The largest absolute Gasteiger partial charge is 0.417 e. The molecule has 1 aliphatic rings. The molecule has 0 bridgehead atoms. The number of hydrogen-bond donors (Lipinski definition) is 2. The van der Waals surface area contributed by atoms with Gasteiger partial charge in [-0.25, -0.2) is 4.98 Å². The Morgan fingerprint density at radius 3 is 2.30 bits per heavy atom. The Kier molecular flexibility index (Phi) is 15.6. The molecule has 2 aromatic heterocycles. The maximum Gasteiger partial charge on any atom is 0.417 e. The predicted octanol–water partition coefficient (Wildman–Crippen LogP) is 7.60. The van der Waals surface area contributed by atoms with E-state index in [0.717, 1.165) is 70.3 Å². The molecule has 0 spiro atoms. The first-order valence-electron chi connectivity index (χ1n) is 15.8. The van der Waals surface area contributed by atoms with Crippen molar-refractivity contribution in [3.63, 3.8) is 0 Å². The number of nitrogens with zero attached hydrogens (tertiary/aromatic N) is 3. The van der Waals surface area contributed by atoms with E-state index in [-0.39, 0.29) is 0 Å². The van der Waals surface area contributed by atoms with Crippen LogP contribution in [0.25, 0.3) is 0 Å². The van der Waals surface area contributed by atoms with Crippen LogP contribution in [0.1, 0.15) is 85.5 Å². The summed E-state index contributed by atoms with van der Waals surface area (Å²) in [6.07, 6.45) is 5.60. The lowest BCUT2D eigenvalue weighted by Gasteiger charge is -2.18. The number of carbonyl (C=O) groups excluding carboxylic acids is 1. The van der Waals surface area contributed by atoms with E-state index in [9.17, 15) is 18.0 Å². The molecule has 2 N–H and O–H groups in total. The van der Waals surface area contributed by atoms with Gasteiger partial charge in [0.1, 0.15) is 12.1 Å². The number of nitrogens with one attached hydrogen (secondary N) is 2. The number of unbranched alkanes of at least 4 members (excludes halogenated alkanes) is 1. The number of alkyl halides is 3. The van der Waals surface area contributed by atoms with Gasteiger partial charge in [0.05, 0.1) is 5.56 Å². The van der Waals surface area contributed by atoms with E-state index < -0.39 is 11.7 Å². The molecule has 44 heavy (non-hydrogen) atoms. The van der Waals surface area contributed by atoms with Crippen molar-refractivity contribution in [3.8, 4) is 0 Å². The second kappa shape index (κ2) is 18.6. The van der Waals surface area contributed by atoms with Crippen molar-refractivity contribution in [2.45, 2.75) is 97.9 Å². The highest BCUT2D eigenvalue weighted by atomic mass is 19.4. The van der Waals surface area contributed by atoms with Crippen molar-refractivity contribution < 1.29 is 18.0 Å². The fourth-order valence-electron chi connectivity index (χ4n) is 5.31. The minimum atomic E-state index is -4.32. The first-order valence-corrected chi connectivity index (χ1v) is 15.8. The second-order valence-electron chi connectivity index (χ2n) is 11.4. The second-order valence-corrected chi connectivity index (χ2v) is 11.4. The number of pyridine rings is 1. The number of rotatable bonds is 11. The molecule has 0 amide bonds. The summed E-state index contributed by atoms with van der Waals surface area (Å²) in [5.41, 5.74) is 6.34. The summed E-state index contributed by atoms with van der Waals surface area (Å²) in [6, 6.07) is 12.1. The quantitative estimate of drug-likeness (QED) is 0.172. The molecule has 3 heterocycles. The van der Waals surface area contributed by atoms with Crippen LogP contribution in [0.4, 0.5) is 19.0 Å². The highest BCUT2D eigenvalue weighted by molar-refractivity contribution is 5.49. The van der Waals surface area contributed by atoms with Gasteiger partial charge in [-0.1, -0.05) is 26.0 Å². The molecule has 244 valence electrons. The van der Waals surface area contributed by atoms with Crippen LogP contribution < -0.4 is 15.5 Å². The van der Waals surface area contributed by atoms with Crippen LogP contribution in [0.2, 0.25) is 0 Å². The van der Waals surface area contributed by atoms with Crippen LogP contribution in [0.15, 0.2) is 48.8 Å². The maximum absolute atomic E-state index is 12.3. The molecule has 6 nitrogen and oxygen atoms in total. The molecular formula is C35H52F3N5O. The molecule has 0 radical (unpaired) electrons. The number of anilines is 1. The van der Waals surface area contributed by atoms with Crippen molar-refractivity contribution in [2.75, 3.05) is 32.1 Å². The summed E-state index contributed by atoms with van der Waals surface area (Å²) >= 11 is 0. The Bertz CT molecular complexity index is 1230. The number of benzene rings is 1. The van der Waals surface area contributed by atoms with Crippen LogP contribution in [-0.2, 0) is 23.9 Å². The van der Waals surface area contributed by atoms with E-state index in [1.807, 2.05) is 19.0 Å². The smallest absolute Gasteiger partial charge is 0.355 e. The molecule has 9 heteroatoms. The highest BCUT2D eigenvalue weighted by Gasteiger charge is 2.31. The molecule has 3 aromatic rings. The van der Waals surface area contributed by atoms with Crippen LogP contribution in [0.5, 0.6) is 0 Å². The first-order chi connectivity index (χ1) is 21.0. The summed E-state index contributed by atoms with van der Waals surface area (Å²) in [5.74, 6) is 0.607. The Morgan fingerprint density at radius 2 is 1.80 bits per heavy atom. The lowest BCUT2D eigenvalue weighted by molar-refractivity contribution is -0.137. The molecule has 1 aromatic carbocycles. The van der Waals surface area contributed by atoms with Gasteiger partial charge in [0.15, 0.2) is 0 Å². The average molecular weight is 616 g/mol. The lowest BCUT2D eigenvalue weighted by Crippen LogP contribution is -2.29. The van der Waals surface area contributed by atoms with Crippen molar-refractivity contribution in [1.82, 2.24) is 20.2 Å². The third-order valence-electron chi connectivity index (χ3n) is 8.24. The van der Waals surface area contributed by atoms with Crippen LogP contribution in [0.3, 0.4) is 0 Å². The predicted molar refractivity (Wildman–Crippen MR) is 175 cm³/mol. The van der Waals surface area contributed by atoms with E-state index >= 15 is 0 Å². The van der Waals surface area contributed by atoms with Gasteiger partial charge >= 0.3 is 6.18 Å². The van der Waals surface area contributed by atoms with Crippen molar-refractivity contribution in [3.05, 3.63) is 82.3 Å². The third-order valence-corrected chi connectivity index (χ3v) is 8.24. The van der Waals surface area contributed by atoms with Crippen LogP contribution >= 0.6 is 0 Å². The SMILES string of the molecule is CCCn1cccc1C(CCCC=O)NC.CCc1cc(C)c(C)c(C)c1.CNC1CCN(c2ccc(C(F)(F)F)cn2)C1. The molecular weight excluding hydrogens is 563 g/mol. The van der Waals surface area contributed by atoms with E-state index in [2.05, 4.69) is 85.3 Å². The standard InChI is InChI=1S/C13H22N2O.C11H14F3N3.C11H16/c1-3-9-15-10-6-8-13(15)12(14-2)7-4-5-11-16;1-15-9-4-5-17(7-9)10-3-2-8(6-16-10)11(12,13)14;1-5-11-6-8(2)10(4)9(3)7-11/h6,8,10-12,14H,3-5,7,9H2,1-2H3;2-3,6,9,15H,4-5,7H2,1H3;6-7H,5H2,1-4H3. The average Bonchev–Trinajstić information content (AvgIpc) is 3.68. The van der Waals surface area contributed by atoms with Gasteiger partial charge in [-0.2, -0.15) is 13.2 Å². The first kappa shape index (κ1) is 37.0. The van der Waals surface area contributed by atoms with Gasteiger partial charge < -0.3 is 24.9 Å². The van der Waals surface area contributed by atoms with Gasteiger partial charge in [0.2, 0.25) is 0 Å². The summed E-state index contributed by atoms with van der Waals surface area (Å²) in [6.45, 7) is 13.6. The van der Waals surface area contributed by atoms with E-state index in [1.165, 1.54) is 34.0 Å². The number of aromatic nitrogens is 2. The number of hydrogen-bond acceptors (Lipinski definition) is 5. The van der Waals surface area contributed by atoms with Gasteiger partial charge in [-0.15, -0.1) is 0 Å². The van der Waals surface area contributed by atoms with Crippen molar-refractivity contribution in [1.29, 1.82) is 0 Å². The number of aldehydes is 1. The molecule has 0 saturated carbocycles. The van der Waals surface area contributed by atoms with Gasteiger partial charge in [-0.05, 0) is 113 Å². The van der Waals surface area contributed by atoms with Crippen molar-refractivity contribution in [2.24, 2.45) is 0 Å². The van der Waals surface area contributed by atoms with E-state index in [4.69, 9.17) is 0 Å². The Balaban J connectivity index is 0.000000236. The third kappa shape index (κ3) is 11.4. The Morgan fingerprint density at radius 1 is 1.09 bits per heavy atom. The zero-order valence-electron chi connectivity index (χ0n) is 27.6. The topological polar surface area (TPSA) is 62.2 Å². The Labute approximate surface area is 262 Å². The van der Waals surface area contributed by atoms with Crippen LogP contribution in [-0.4, -0.2) is 49.1 Å². The van der Waals surface area contributed by atoms with Gasteiger partial charge in [0.25, 0.3) is 0 Å². The summed E-state index contributed by atoms with van der Waals surface area (Å²) in [7, 11) is 3.86. The molecule has 1 fully saturated rings. The fraction of sp³-hybridized carbons (Fsp3) is 0.543. The number of halogens is 3. The van der Waals surface area contributed by atoms with Crippen LogP contribution in [0, 0.1) is 20.8 Å². The summed E-state index contributed by atoms with van der Waals surface area (Å²) < 4.78 is 39.3. The summed E-state index contributed by atoms with van der Waals surface area (Å²) in [5, 5.41) is 6.48. The molecule has 2 unspecified atom stereocenters. The lowest BCUT2D eigenvalue weighted by atomic mass is 10.00. The number of aryl methyl sites for hydroxylation is 4. The normalized spacial score (nSPS) is 15.2. The number of likely N-dealkylation sites (N-methyl/N-ethyl adjacent to an activating group) is 1. The molecule has 1 saturated heterocycles. The van der Waals surface area contributed by atoms with Crippen molar-refractivity contribution >= 4 is 12.1 Å². The number of carbonyl (C=O) groups is 1. The highest BCUT2D eigenvalue weighted by Crippen LogP contribution is 2.30. The Hall–Kier alpha value is -3.17.